The van der Waals surface area contributed by atoms with Crippen LogP contribution in [0.25, 0.3) is 0 Å². The lowest BCUT2D eigenvalue weighted by atomic mass is 9.93. The number of para-hydroxylation sites is 1. The molecule has 4 nitrogen and oxygen atoms in total. The number of hydrogen-bond donors (Lipinski definition) is 2. The monoisotopic (exact) mass is 262 g/mol. The number of ether oxygens (including phenoxy) is 1. The van der Waals surface area contributed by atoms with Crippen molar-refractivity contribution in [3.8, 4) is 0 Å². The number of carbonyl (C=O) groups is 1. The molecule has 0 aliphatic carbocycles. The Kier molecular flexibility index (Phi) is 4.22. The first kappa shape index (κ1) is 14.0. The quantitative estimate of drug-likeness (QED) is 0.874. The topological polar surface area (TPSA) is 50.4 Å². The van der Waals surface area contributed by atoms with Crippen molar-refractivity contribution in [2.45, 2.75) is 44.9 Å². The largest absolute Gasteiger partial charge is 0.377 e. The van der Waals surface area contributed by atoms with E-state index in [2.05, 4.69) is 17.6 Å². The second-order valence-corrected chi connectivity index (χ2v) is 5.40. The third-order valence-electron chi connectivity index (χ3n) is 3.87. The average molecular weight is 262 g/mol. The second kappa shape index (κ2) is 5.72. The fourth-order valence-corrected chi connectivity index (χ4v) is 2.36. The normalized spacial score (nSPS) is 28.1. The summed E-state index contributed by atoms with van der Waals surface area (Å²) >= 11 is 0. The van der Waals surface area contributed by atoms with Crippen molar-refractivity contribution in [3.63, 3.8) is 0 Å². The highest BCUT2D eigenvalue weighted by Gasteiger charge is 2.38. The lowest BCUT2D eigenvalue weighted by molar-refractivity contribution is -0.118. The minimum absolute atomic E-state index is 0.0217. The molecule has 0 saturated carbocycles. The van der Waals surface area contributed by atoms with Crippen LogP contribution < -0.4 is 10.6 Å². The summed E-state index contributed by atoms with van der Waals surface area (Å²) in [6, 6.07) is 9.25. The molecule has 19 heavy (non-hydrogen) atoms. The van der Waals surface area contributed by atoms with Crippen molar-refractivity contribution in [1.82, 2.24) is 5.32 Å². The van der Waals surface area contributed by atoms with Gasteiger partial charge >= 0.3 is 0 Å². The summed E-state index contributed by atoms with van der Waals surface area (Å²) in [5.74, 6) is -0.0217. The van der Waals surface area contributed by atoms with Gasteiger partial charge in [0.1, 0.15) is 0 Å². The predicted molar refractivity (Wildman–Crippen MR) is 76.1 cm³/mol. The molecule has 4 heteroatoms. The minimum Gasteiger partial charge on any atom is -0.377 e. The van der Waals surface area contributed by atoms with Gasteiger partial charge in [-0.1, -0.05) is 18.2 Å². The molecule has 2 N–H and O–H groups in total. The SMILES string of the molecule is CC(NC1(C)CCOC1C)C(=O)Nc1ccccc1. The zero-order valence-corrected chi connectivity index (χ0v) is 11.8. The van der Waals surface area contributed by atoms with E-state index >= 15 is 0 Å². The number of nitrogens with one attached hydrogen (secondary N) is 2. The van der Waals surface area contributed by atoms with Crippen LogP contribution in [0.1, 0.15) is 27.2 Å². The number of benzene rings is 1. The summed E-state index contributed by atoms with van der Waals surface area (Å²) in [5, 5.41) is 6.29. The van der Waals surface area contributed by atoms with E-state index in [1.807, 2.05) is 44.2 Å². The summed E-state index contributed by atoms with van der Waals surface area (Å²) in [5.41, 5.74) is 0.690. The summed E-state index contributed by atoms with van der Waals surface area (Å²) in [4.78, 5) is 12.1. The van der Waals surface area contributed by atoms with Crippen molar-refractivity contribution >= 4 is 11.6 Å². The van der Waals surface area contributed by atoms with Gasteiger partial charge in [0.05, 0.1) is 12.1 Å². The molecule has 3 unspecified atom stereocenters. The van der Waals surface area contributed by atoms with Gasteiger partial charge in [0, 0.05) is 17.8 Å². The summed E-state index contributed by atoms with van der Waals surface area (Å²) < 4.78 is 5.57. The Morgan fingerprint density at radius 2 is 2.11 bits per heavy atom. The van der Waals surface area contributed by atoms with Crippen LogP contribution in [0.4, 0.5) is 5.69 Å². The Morgan fingerprint density at radius 1 is 1.42 bits per heavy atom. The van der Waals surface area contributed by atoms with Crippen molar-refractivity contribution < 1.29 is 9.53 Å². The lowest BCUT2D eigenvalue weighted by Crippen LogP contribution is -2.54. The maximum absolute atomic E-state index is 12.1. The maximum Gasteiger partial charge on any atom is 0.241 e. The number of anilines is 1. The Bertz CT molecular complexity index is 435. The molecule has 1 aromatic carbocycles. The molecule has 1 fully saturated rings. The van der Waals surface area contributed by atoms with Gasteiger partial charge in [-0.25, -0.2) is 0 Å². The van der Waals surface area contributed by atoms with E-state index in [0.717, 1.165) is 18.7 Å². The van der Waals surface area contributed by atoms with Crippen LogP contribution in [0.5, 0.6) is 0 Å². The smallest absolute Gasteiger partial charge is 0.241 e. The standard InChI is InChI=1S/C15H22N2O2/c1-11(17-15(3)9-10-19-12(15)2)14(18)16-13-7-5-4-6-8-13/h4-8,11-12,17H,9-10H2,1-3H3,(H,16,18). The number of hydrogen-bond acceptors (Lipinski definition) is 3. The molecule has 2 rings (SSSR count). The van der Waals surface area contributed by atoms with Crippen molar-refractivity contribution in [1.29, 1.82) is 0 Å². The number of carbonyl (C=O) groups excluding carboxylic acids is 1. The van der Waals surface area contributed by atoms with Gasteiger partial charge in [-0.15, -0.1) is 0 Å². The molecule has 1 aromatic rings. The highest BCUT2D eigenvalue weighted by molar-refractivity contribution is 5.94. The molecule has 104 valence electrons. The zero-order valence-electron chi connectivity index (χ0n) is 11.8. The van der Waals surface area contributed by atoms with Gasteiger partial charge in [0.15, 0.2) is 0 Å². The molecule has 0 bridgehead atoms. The molecule has 1 saturated heterocycles. The lowest BCUT2D eigenvalue weighted by Gasteiger charge is -2.32. The van der Waals surface area contributed by atoms with E-state index in [4.69, 9.17) is 4.74 Å². The van der Waals surface area contributed by atoms with Crippen LogP contribution in [0.15, 0.2) is 30.3 Å². The van der Waals surface area contributed by atoms with Gasteiger partial charge in [-0.2, -0.15) is 0 Å². The van der Waals surface area contributed by atoms with E-state index in [1.165, 1.54) is 0 Å². The third-order valence-corrected chi connectivity index (χ3v) is 3.87. The van der Waals surface area contributed by atoms with Crippen molar-refractivity contribution in [2.75, 3.05) is 11.9 Å². The van der Waals surface area contributed by atoms with E-state index in [-0.39, 0.29) is 23.6 Å². The first-order chi connectivity index (χ1) is 9.01. The fraction of sp³-hybridized carbons (Fsp3) is 0.533. The van der Waals surface area contributed by atoms with Crippen LogP contribution in [-0.4, -0.2) is 30.2 Å². The van der Waals surface area contributed by atoms with E-state index < -0.39 is 0 Å². The molecule has 1 heterocycles. The molecular weight excluding hydrogens is 240 g/mol. The van der Waals surface area contributed by atoms with Gasteiger partial charge in [-0.05, 0) is 39.3 Å². The van der Waals surface area contributed by atoms with Crippen LogP contribution in [0.2, 0.25) is 0 Å². The Labute approximate surface area is 114 Å². The third kappa shape index (κ3) is 3.33. The summed E-state index contributed by atoms with van der Waals surface area (Å²) in [7, 11) is 0. The van der Waals surface area contributed by atoms with Gasteiger partial charge in [0.25, 0.3) is 0 Å². The first-order valence-corrected chi connectivity index (χ1v) is 6.76. The van der Waals surface area contributed by atoms with E-state index in [0.29, 0.717) is 0 Å². The van der Waals surface area contributed by atoms with Crippen molar-refractivity contribution in [3.05, 3.63) is 30.3 Å². The van der Waals surface area contributed by atoms with Crippen LogP contribution in [0.3, 0.4) is 0 Å². The zero-order chi connectivity index (χ0) is 13.9. The predicted octanol–water partition coefficient (Wildman–Crippen LogP) is 2.17. The highest BCUT2D eigenvalue weighted by Crippen LogP contribution is 2.25. The first-order valence-electron chi connectivity index (χ1n) is 6.76. The average Bonchev–Trinajstić information content (AvgIpc) is 2.70. The highest BCUT2D eigenvalue weighted by atomic mass is 16.5. The molecular formula is C15H22N2O2. The van der Waals surface area contributed by atoms with Gasteiger partial charge < -0.3 is 10.1 Å². The number of rotatable bonds is 4. The molecule has 0 aromatic heterocycles. The fourth-order valence-electron chi connectivity index (χ4n) is 2.36. The number of amides is 1. The van der Waals surface area contributed by atoms with Crippen molar-refractivity contribution in [2.24, 2.45) is 0 Å². The Balaban J connectivity index is 1.93. The van der Waals surface area contributed by atoms with E-state index in [1.54, 1.807) is 0 Å². The van der Waals surface area contributed by atoms with Gasteiger partial charge in [-0.3, -0.25) is 10.1 Å². The second-order valence-electron chi connectivity index (χ2n) is 5.40. The Hall–Kier alpha value is -1.39. The molecule has 3 atom stereocenters. The Morgan fingerprint density at radius 3 is 2.68 bits per heavy atom. The van der Waals surface area contributed by atoms with Crippen LogP contribution in [-0.2, 0) is 9.53 Å². The molecule has 1 aliphatic heterocycles. The summed E-state index contributed by atoms with van der Waals surface area (Å²) in [6.07, 6.45) is 1.05. The van der Waals surface area contributed by atoms with E-state index in [9.17, 15) is 4.79 Å². The molecule has 1 amide bonds. The minimum atomic E-state index is -0.255. The molecule has 1 aliphatic rings. The maximum atomic E-state index is 12.1. The summed E-state index contributed by atoms with van der Waals surface area (Å²) in [6.45, 7) is 6.78. The van der Waals surface area contributed by atoms with Crippen LogP contribution >= 0.6 is 0 Å². The van der Waals surface area contributed by atoms with Crippen LogP contribution in [0, 0.1) is 0 Å². The van der Waals surface area contributed by atoms with Gasteiger partial charge in [0.2, 0.25) is 5.91 Å². The molecule has 0 spiro atoms. The molecule has 0 radical (unpaired) electrons.